The number of aliphatic hydroxyl groups is 1. The molecule has 0 saturated carbocycles. The second kappa shape index (κ2) is 17.1. The molecule has 0 aromatic heterocycles. The zero-order chi connectivity index (χ0) is 40.6. The van der Waals surface area contributed by atoms with E-state index in [1.54, 1.807) is 66.7 Å². The van der Waals surface area contributed by atoms with E-state index in [1.807, 2.05) is 36.4 Å². The molecule has 1 aliphatic heterocycles. The Morgan fingerprint density at radius 3 is 1.56 bits per heavy atom. The Morgan fingerprint density at radius 2 is 1.12 bits per heavy atom. The number of hydrogen-bond acceptors (Lipinski definition) is 11. The SMILES string of the molecule is C[C@H](OC(=O)OCc1ccccc1[N+](=O)[O-])[C@H]1C(=O)N(CP(C(=O)OCc2ccccc2[N+](=O)[O-])(c2ccccc2)(c2ccccc2)c2ccccc2)[C@@H]1CCO. The number of amides is 1. The Balaban J connectivity index is 1.41. The third-order valence-electron chi connectivity index (χ3n) is 10.5. The van der Waals surface area contributed by atoms with Crippen LogP contribution in [-0.2, 0) is 32.2 Å². The quantitative estimate of drug-likeness (QED) is 0.0374. The summed E-state index contributed by atoms with van der Waals surface area (Å²) in [7, 11) is 0. The molecule has 57 heavy (non-hydrogen) atoms. The molecule has 0 aliphatic carbocycles. The molecule has 294 valence electrons. The average molecular weight is 794 g/mol. The predicted molar refractivity (Wildman–Crippen MR) is 213 cm³/mol. The number of nitrogens with zero attached hydrogens (tertiary/aromatic N) is 3. The van der Waals surface area contributed by atoms with Crippen LogP contribution >= 0.6 is 6.60 Å². The number of nitro groups is 2. The van der Waals surface area contributed by atoms with Crippen LogP contribution in [0.2, 0.25) is 0 Å². The Kier molecular flexibility index (Phi) is 12.1. The van der Waals surface area contributed by atoms with E-state index in [-0.39, 0.29) is 41.8 Å². The van der Waals surface area contributed by atoms with E-state index in [0.717, 1.165) is 0 Å². The number of hydrogen-bond donors (Lipinski definition) is 1. The minimum atomic E-state index is -4.72. The fraction of sp³-hybridized carbons (Fsp3) is 0.214. The summed E-state index contributed by atoms with van der Waals surface area (Å²) >= 11 is 0. The number of benzene rings is 5. The molecule has 0 radical (unpaired) electrons. The van der Waals surface area contributed by atoms with E-state index < -0.39 is 65.5 Å². The number of nitro benzene ring substituents is 2. The molecule has 0 unspecified atom stereocenters. The van der Waals surface area contributed by atoms with Gasteiger partial charge >= 0.3 is 312 Å². The molecule has 1 amide bonds. The number of ether oxygens (including phenoxy) is 3. The van der Waals surface area contributed by atoms with Gasteiger partial charge in [-0.15, -0.1) is 0 Å². The van der Waals surface area contributed by atoms with Crippen molar-refractivity contribution in [3.05, 3.63) is 171 Å². The number of aliphatic hydroxyl groups excluding tert-OH is 1. The van der Waals surface area contributed by atoms with Crippen LogP contribution in [-0.4, -0.2) is 62.7 Å². The van der Waals surface area contributed by atoms with Gasteiger partial charge in [0.05, 0.1) is 0 Å². The first-order chi connectivity index (χ1) is 27.5. The Morgan fingerprint density at radius 1 is 0.702 bits per heavy atom. The zero-order valence-corrected chi connectivity index (χ0v) is 31.8. The van der Waals surface area contributed by atoms with Crippen molar-refractivity contribution in [3.63, 3.8) is 0 Å². The molecule has 1 N–H and O–H groups in total. The predicted octanol–water partition coefficient (Wildman–Crippen LogP) is 6.58. The molecule has 1 heterocycles. The first kappa shape index (κ1) is 40.2. The van der Waals surface area contributed by atoms with Crippen LogP contribution in [0.3, 0.4) is 0 Å². The van der Waals surface area contributed by atoms with Crippen LogP contribution < -0.4 is 15.9 Å². The van der Waals surface area contributed by atoms with Gasteiger partial charge in [0, 0.05) is 0 Å². The van der Waals surface area contributed by atoms with Crippen LogP contribution in [0, 0.1) is 26.1 Å². The van der Waals surface area contributed by atoms with Gasteiger partial charge in [0.15, 0.2) is 0 Å². The summed E-state index contributed by atoms with van der Waals surface area (Å²) in [5.74, 6) is -1.42. The van der Waals surface area contributed by atoms with Crippen molar-refractivity contribution in [2.24, 2.45) is 5.92 Å². The molecular formula is C42H40N3O11P. The Bertz CT molecular complexity index is 2160. The molecule has 15 heteroatoms. The standard InChI is InChI=1S/C42H40N3O11P/c1-30(56-41(48)54-27-31-15-11-13-23-36(31)44(50)51)39-38(25-26-46)43(40(39)47)29-57(33-17-5-2-6-18-33,34-19-7-3-8-20-34,35-21-9-4-10-22-35)42(49)55-28-32-16-12-14-24-37(32)45(52)53/h2-24,30,38-39,46H,25-29H2,1H3/t30-,38+,39+/m0/s1. The van der Waals surface area contributed by atoms with Crippen LogP contribution in [0.25, 0.3) is 0 Å². The molecule has 5 aromatic rings. The van der Waals surface area contributed by atoms with Gasteiger partial charge < -0.3 is 0 Å². The van der Waals surface area contributed by atoms with Crippen molar-refractivity contribution in [2.45, 2.75) is 38.7 Å². The van der Waals surface area contributed by atoms with E-state index in [2.05, 4.69) is 0 Å². The van der Waals surface area contributed by atoms with Crippen molar-refractivity contribution in [2.75, 3.05) is 12.9 Å². The maximum absolute atomic E-state index is 15.7. The van der Waals surface area contributed by atoms with Gasteiger partial charge in [0.25, 0.3) is 0 Å². The first-order valence-electron chi connectivity index (χ1n) is 18.1. The molecule has 1 aliphatic rings. The topological polar surface area (TPSA) is 189 Å². The van der Waals surface area contributed by atoms with E-state index in [9.17, 15) is 34.9 Å². The van der Waals surface area contributed by atoms with E-state index >= 15 is 4.79 Å². The van der Waals surface area contributed by atoms with Gasteiger partial charge in [0.2, 0.25) is 0 Å². The van der Waals surface area contributed by atoms with Gasteiger partial charge in [-0.25, -0.2) is 0 Å². The van der Waals surface area contributed by atoms with Gasteiger partial charge in [-0.05, 0) is 0 Å². The normalized spacial score (nSPS) is 16.3. The summed E-state index contributed by atoms with van der Waals surface area (Å²) < 4.78 is 17.0. The van der Waals surface area contributed by atoms with Crippen LogP contribution in [0.4, 0.5) is 21.0 Å². The Labute approximate surface area is 327 Å². The number of carbonyl (C=O) groups excluding carboxylic acids is 3. The van der Waals surface area contributed by atoms with Crippen LogP contribution in [0.15, 0.2) is 140 Å². The van der Waals surface area contributed by atoms with Gasteiger partial charge in [-0.1, -0.05) is 6.07 Å². The van der Waals surface area contributed by atoms with Crippen molar-refractivity contribution in [3.8, 4) is 0 Å². The fourth-order valence-electron chi connectivity index (χ4n) is 7.73. The summed E-state index contributed by atoms with van der Waals surface area (Å²) in [6, 6.07) is 38.0. The molecule has 1 saturated heterocycles. The Hall–Kier alpha value is -6.50. The molecule has 0 spiro atoms. The molecule has 0 bridgehead atoms. The summed E-state index contributed by atoms with van der Waals surface area (Å²) in [6.45, 7) is -4.43. The van der Waals surface area contributed by atoms with Gasteiger partial charge in [-0.2, -0.15) is 0 Å². The molecule has 3 atom stereocenters. The second-order valence-electron chi connectivity index (χ2n) is 13.6. The van der Waals surface area contributed by atoms with E-state index in [4.69, 9.17) is 14.2 Å². The third-order valence-corrected chi connectivity index (χ3v) is 16.6. The summed E-state index contributed by atoms with van der Waals surface area (Å²) in [4.78, 5) is 66.9. The molecule has 5 aromatic carbocycles. The second-order valence-corrected chi connectivity index (χ2v) is 18.4. The first-order valence-corrected chi connectivity index (χ1v) is 20.5. The van der Waals surface area contributed by atoms with Crippen molar-refractivity contribution >= 4 is 51.7 Å². The molecule has 1 fully saturated rings. The number of para-hydroxylation sites is 2. The molecule has 6 rings (SSSR count). The monoisotopic (exact) mass is 793 g/mol. The maximum atomic E-state index is 15.7. The van der Waals surface area contributed by atoms with E-state index in [0.29, 0.717) is 15.9 Å². The minimum absolute atomic E-state index is 0.0610. The van der Waals surface area contributed by atoms with E-state index in [1.165, 1.54) is 48.2 Å². The third kappa shape index (κ3) is 7.44. The number of likely N-dealkylation sites (tertiary alicyclic amines) is 1. The summed E-state index contributed by atoms with van der Waals surface area (Å²) in [5, 5.41) is 35.4. The number of rotatable bonds is 16. The fourth-order valence-corrected chi connectivity index (χ4v) is 13.7. The van der Waals surface area contributed by atoms with Crippen molar-refractivity contribution < 1.29 is 43.5 Å². The zero-order valence-electron chi connectivity index (χ0n) is 30.9. The van der Waals surface area contributed by atoms with Crippen molar-refractivity contribution in [1.82, 2.24) is 4.90 Å². The molecular weight excluding hydrogens is 753 g/mol. The van der Waals surface area contributed by atoms with Crippen LogP contribution in [0.5, 0.6) is 0 Å². The number of β-lactam (4-membered cyclic amide) rings is 1. The summed E-state index contributed by atoms with van der Waals surface area (Å²) in [5.41, 5.74) is -0.811. The van der Waals surface area contributed by atoms with Crippen molar-refractivity contribution in [1.29, 1.82) is 0 Å². The van der Waals surface area contributed by atoms with Crippen LogP contribution in [0.1, 0.15) is 24.5 Å². The average Bonchev–Trinajstić information content (AvgIpc) is 3.23. The van der Waals surface area contributed by atoms with Gasteiger partial charge in [-0.3, -0.25) is 10.1 Å². The molecule has 14 nitrogen and oxygen atoms in total. The summed E-state index contributed by atoms with van der Waals surface area (Å²) in [6.07, 6.45) is -2.37. The van der Waals surface area contributed by atoms with Gasteiger partial charge in [0.1, 0.15) is 0 Å². The number of carbonyl (C=O) groups is 3.